The third-order valence-electron chi connectivity index (χ3n) is 6.87. The fourth-order valence-electron chi connectivity index (χ4n) is 5.00. The van der Waals surface area contributed by atoms with E-state index in [1.165, 1.54) is 23.3 Å². The molecule has 172 valence electrons. The standard InChI is InChI=1S/C24H30FN3O4/c25-20-3-5-21(6-4-20)27-13-11-26(12-14-27)9-7-19-17-28(10-8-18(19)16-23(29)30)24(31)22-2-1-15-32-22/h1-6,15,18-19H,7-14,16-17H2,(H,29,30)/t18-,19-/m0/s1. The molecule has 2 atom stereocenters. The van der Waals surface area contributed by atoms with E-state index in [1.807, 2.05) is 12.1 Å². The maximum atomic E-state index is 13.2. The predicted molar refractivity (Wildman–Crippen MR) is 115 cm³/mol. The second kappa shape index (κ2) is 10.2. The molecule has 1 aromatic carbocycles. The molecule has 1 amide bonds. The number of piperazine rings is 1. The number of rotatable bonds is 7. The fourth-order valence-corrected chi connectivity index (χ4v) is 5.00. The summed E-state index contributed by atoms with van der Waals surface area (Å²) in [6.07, 6.45) is 3.06. The van der Waals surface area contributed by atoms with Crippen molar-refractivity contribution >= 4 is 17.6 Å². The van der Waals surface area contributed by atoms with Crippen LogP contribution < -0.4 is 14.9 Å². The second-order valence-electron chi connectivity index (χ2n) is 8.87. The quantitative estimate of drug-likeness (QED) is 0.672. The van der Waals surface area contributed by atoms with Crippen LogP contribution in [-0.2, 0) is 4.79 Å². The van der Waals surface area contributed by atoms with Crippen LogP contribution >= 0.6 is 0 Å². The molecule has 32 heavy (non-hydrogen) atoms. The summed E-state index contributed by atoms with van der Waals surface area (Å²) in [5, 5.41) is 11.3. The van der Waals surface area contributed by atoms with Crippen molar-refractivity contribution in [2.24, 2.45) is 11.8 Å². The van der Waals surface area contributed by atoms with Gasteiger partial charge in [-0.05, 0) is 61.1 Å². The molecule has 2 saturated heterocycles. The molecular formula is C24H30FN3O4. The number of hydrogen-bond acceptors (Lipinski definition) is 5. The number of nitrogens with zero attached hydrogens (tertiary/aromatic N) is 2. The number of carbonyl (C=O) groups excluding carboxylic acids is 2. The Balaban J connectivity index is 1.31. The third kappa shape index (κ3) is 5.48. The summed E-state index contributed by atoms with van der Waals surface area (Å²) in [5.41, 5.74) is 1.04. The molecule has 0 unspecified atom stereocenters. The summed E-state index contributed by atoms with van der Waals surface area (Å²) in [6, 6.07) is 9.97. The van der Waals surface area contributed by atoms with Gasteiger partial charge in [-0.2, -0.15) is 0 Å². The number of aliphatic carboxylic acids is 1. The highest BCUT2D eigenvalue weighted by Crippen LogP contribution is 2.29. The molecule has 2 aliphatic rings. The highest BCUT2D eigenvalue weighted by atomic mass is 19.1. The van der Waals surface area contributed by atoms with E-state index in [4.69, 9.17) is 4.42 Å². The van der Waals surface area contributed by atoms with Gasteiger partial charge in [0.15, 0.2) is 5.76 Å². The first-order valence-corrected chi connectivity index (χ1v) is 11.4. The Morgan fingerprint density at radius 1 is 1.09 bits per heavy atom. The molecule has 0 radical (unpaired) electrons. The number of quaternary nitrogens is 1. The summed E-state index contributed by atoms with van der Waals surface area (Å²) < 4.78 is 18.4. The molecule has 0 saturated carbocycles. The summed E-state index contributed by atoms with van der Waals surface area (Å²) in [5.74, 6) is -0.900. The molecule has 0 aliphatic carbocycles. The van der Waals surface area contributed by atoms with E-state index in [0.717, 1.165) is 44.8 Å². The van der Waals surface area contributed by atoms with Gasteiger partial charge in [-0.3, -0.25) is 4.79 Å². The lowest BCUT2D eigenvalue weighted by Crippen LogP contribution is -3.15. The van der Waals surface area contributed by atoms with E-state index in [-0.39, 0.29) is 30.0 Å². The highest BCUT2D eigenvalue weighted by Gasteiger charge is 2.33. The number of carboxylic acids is 1. The van der Waals surface area contributed by atoms with E-state index >= 15 is 0 Å². The minimum Gasteiger partial charge on any atom is -0.550 e. The van der Waals surface area contributed by atoms with E-state index in [2.05, 4.69) is 4.90 Å². The summed E-state index contributed by atoms with van der Waals surface area (Å²) >= 11 is 0. The number of carboxylic acid groups (broad SMARTS) is 1. The number of piperidine rings is 1. The number of halogens is 1. The Morgan fingerprint density at radius 3 is 2.50 bits per heavy atom. The van der Waals surface area contributed by atoms with Crippen LogP contribution in [0.2, 0.25) is 0 Å². The predicted octanol–water partition coefficient (Wildman–Crippen LogP) is 0.432. The van der Waals surface area contributed by atoms with Gasteiger partial charge in [0, 0.05) is 31.2 Å². The van der Waals surface area contributed by atoms with Crippen LogP contribution in [-0.4, -0.2) is 62.6 Å². The number of furan rings is 1. The van der Waals surface area contributed by atoms with Crippen molar-refractivity contribution in [3.05, 3.63) is 54.2 Å². The van der Waals surface area contributed by atoms with Crippen molar-refractivity contribution in [2.45, 2.75) is 19.3 Å². The van der Waals surface area contributed by atoms with Crippen LogP contribution in [0.25, 0.3) is 0 Å². The van der Waals surface area contributed by atoms with Gasteiger partial charge in [0.1, 0.15) is 5.82 Å². The Bertz CT molecular complexity index is 894. The molecule has 2 aromatic rings. The molecule has 1 aromatic heterocycles. The zero-order valence-electron chi connectivity index (χ0n) is 18.2. The van der Waals surface area contributed by atoms with Crippen molar-refractivity contribution in [1.82, 2.24) is 4.90 Å². The van der Waals surface area contributed by atoms with Gasteiger partial charge < -0.3 is 29.0 Å². The Labute approximate surface area is 187 Å². The third-order valence-corrected chi connectivity index (χ3v) is 6.87. The van der Waals surface area contributed by atoms with Crippen LogP contribution in [0.15, 0.2) is 47.1 Å². The molecular weight excluding hydrogens is 413 g/mol. The lowest BCUT2D eigenvalue weighted by Gasteiger charge is -2.40. The zero-order chi connectivity index (χ0) is 22.5. The number of carbonyl (C=O) groups is 2. The monoisotopic (exact) mass is 443 g/mol. The smallest absolute Gasteiger partial charge is 0.289 e. The van der Waals surface area contributed by atoms with Crippen LogP contribution in [0.3, 0.4) is 0 Å². The molecule has 8 heteroatoms. The van der Waals surface area contributed by atoms with Crippen molar-refractivity contribution in [3.63, 3.8) is 0 Å². The molecule has 2 aliphatic heterocycles. The van der Waals surface area contributed by atoms with Gasteiger partial charge in [-0.25, -0.2) is 4.39 Å². The number of benzene rings is 1. The maximum absolute atomic E-state index is 13.2. The Kier molecular flexibility index (Phi) is 7.09. The average molecular weight is 444 g/mol. The van der Waals surface area contributed by atoms with Gasteiger partial charge in [-0.1, -0.05) is 0 Å². The molecule has 0 spiro atoms. The SMILES string of the molecule is O=C([O-])C[C@@H]1CCN(C(=O)c2ccco2)C[C@@H]1CC[NH+]1CCN(c2ccc(F)cc2)CC1. The van der Waals surface area contributed by atoms with Gasteiger partial charge in [-0.15, -0.1) is 0 Å². The Morgan fingerprint density at radius 2 is 1.84 bits per heavy atom. The minimum atomic E-state index is -1.02. The minimum absolute atomic E-state index is 0.0283. The van der Waals surface area contributed by atoms with E-state index in [9.17, 15) is 19.1 Å². The van der Waals surface area contributed by atoms with Crippen molar-refractivity contribution in [3.8, 4) is 0 Å². The topological polar surface area (TPSA) is 81.3 Å². The molecule has 3 heterocycles. The van der Waals surface area contributed by atoms with E-state index < -0.39 is 5.97 Å². The van der Waals surface area contributed by atoms with Crippen LogP contribution in [0.5, 0.6) is 0 Å². The summed E-state index contributed by atoms with van der Waals surface area (Å²) in [6.45, 7) is 5.78. The normalized spacial score (nSPS) is 22.2. The lowest BCUT2D eigenvalue weighted by atomic mass is 9.81. The summed E-state index contributed by atoms with van der Waals surface area (Å²) in [4.78, 5) is 29.5. The molecule has 2 fully saturated rings. The highest BCUT2D eigenvalue weighted by molar-refractivity contribution is 5.91. The largest absolute Gasteiger partial charge is 0.550 e. The number of amides is 1. The molecule has 0 bridgehead atoms. The Hall–Kier alpha value is -2.87. The van der Waals surface area contributed by atoms with Crippen molar-refractivity contribution in [2.75, 3.05) is 50.7 Å². The maximum Gasteiger partial charge on any atom is 0.289 e. The van der Waals surface area contributed by atoms with E-state index in [0.29, 0.717) is 25.3 Å². The van der Waals surface area contributed by atoms with Gasteiger partial charge >= 0.3 is 0 Å². The first-order valence-electron chi connectivity index (χ1n) is 11.4. The van der Waals surface area contributed by atoms with Gasteiger partial charge in [0.2, 0.25) is 0 Å². The number of anilines is 1. The van der Waals surface area contributed by atoms with Gasteiger partial charge in [0.05, 0.1) is 39.0 Å². The van der Waals surface area contributed by atoms with Crippen LogP contribution in [0, 0.1) is 17.7 Å². The molecule has 7 nitrogen and oxygen atoms in total. The number of nitrogens with one attached hydrogen (secondary N) is 1. The lowest BCUT2D eigenvalue weighted by molar-refractivity contribution is -0.901. The second-order valence-corrected chi connectivity index (χ2v) is 8.87. The summed E-state index contributed by atoms with van der Waals surface area (Å²) in [7, 11) is 0. The first-order chi connectivity index (χ1) is 15.5. The molecule has 4 rings (SSSR count). The van der Waals surface area contributed by atoms with E-state index in [1.54, 1.807) is 17.0 Å². The van der Waals surface area contributed by atoms with Crippen molar-refractivity contribution in [1.29, 1.82) is 0 Å². The fraction of sp³-hybridized carbons (Fsp3) is 0.500. The molecule has 1 N–H and O–H groups in total. The average Bonchev–Trinajstić information content (AvgIpc) is 3.33. The first kappa shape index (κ1) is 22.3. The van der Waals surface area contributed by atoms with Gasteiger partial charge in [0.25, 0.3) is 5.91 Å². The number of likely N-dealkylation sites (tertiary alicyclic amines) is 1. The number of hydrogen-bond donors (Lipinski definition) is 1. The van der Waals surface area contributed by atoms with Crippen LogP contribution in [0.1, 0.15) is 29.8 Å². The van der Waals surface area contributed by atoms with Crippen molar-refractivity contribution < 1.29 is 28.4 Å². The zero-order valence-corrected chi connectivity index (χ0v) is 18.2. The van der Waals surface area contributed by atoms with Crippen LogP contribution in [0.4, 0.5) is 10.1 Å².